The second kappa shape index (κ2) is 5.91. The monoisotopic (exact) mass is 313 g/mol. The second-order valence-corrected chi connectivity index (χ2v) is 5.90. The first-order valence-corrected chi connectivity index (χ1v) is 7.74. The summed E-state index contributed by atoms with van der Waals surface area (Å²) in [6.07, 6.45) is 0.438. The van der Waals surface area contributed by atoms with Gasteiger partial charge in [-0.3, -0.25) is 4.79 Å². The van der Waals surface area contributed by atoms with Crippen molar-refractivity contribution in [2.75, 3.05) is 6.54 Å². The van der Waals surface area contributed by atoms with Crippen molar-refractivity contribution >= 4 is 11.9 Å². The number of aromatic carboxylic acids is 1. The summed E-state index contributed by atoms with van der Waals surface area (Å²) in [7, 11) is 0. The molecule has 0 bridgehead atoms. The number of likely N-dealkylation sites (tertiary alicyclic amines) is 1. The topological polar surface area (TPSA) is 70.8 Å². The molecule has 0 saturated carbocycles. The number of benzene rings is 1. The lowest BCUT2D eigenvalue weighted by Crippen LogP contribution is -2.51. The summed E-state index contributed by atoms with van der Waals surface area (Å²) >= 11 is 0. The molecule has 1 amide bonds. The Labute approximate surface area is 134 Å². The minimum absolute atomic E-state index is 0.00662. The highest BCUT2D eigenvalue weighted by molar-refractivity contribution is 5.97. The van der Waals surface area contributed by atoms with Gasteiger partial charge in [0.15, 0.2) is 5.76 Å². The zero-order valence-corrected chi connectivity index (χ0v) is 13.2. The number of nitrogens with zero attached hydrogens (tertiary/aromatic N) is 1. The van der Waals surface area contributed by atoms with Gasteiger partial charge in [-0.1, -0.05) is 44.2 Å². The van der Waals surface area contributed by atoms with Crippen LogP contribution in [0.15, 0.2) is 40.8 Å². The van der Waals surface area contributed by atoms with E-state index in [-0.39, 0.29) is 23.3 Å². The maximum absolute atomic E-state index is 12.7. The molecule has 2 heterocycles. The normalized spacial score (nSPS) is 20.2. The Morgan fingerprint density at radius 1 is 1.30 bits per heavy atom. The minimum atomic E-state index is -1.07. The predicted octanol–water partition coefficient (Wildman–Crippen LogP) is 3.37. The van der Waals surface area contributed by atoms with Crippen LogP contribution >= 0.6 is 0 Å². The third-order valence-corrected chi connectivity index (χ3v) is 4.33. The number of carbonyl (C=O) groups is 2. The Morgan fingerprint density at radius 2 is 2.00 bits per heavy atom. The van der Waals surface area contributed by atoms with E-state index < -0.39 is 5.97 Å². The molecular weight excluding hydrogens is 294 g/mol. The Bertz CT molecular complexity index is 735. The first kappa shape index (κ1) is 15.3. The van der Waals surface area contributed by atoms with E-state index in [1.54, 1.807) is 11.8 Å². The summed E-state index contributed by atoms with van der Waals surface area (Å²) in [6.45, 7) is 4.55. The van der Waals surface area contributed by atoms with Crippen LogP contribution in [0.5, 0.6) is 0 Å². The second-order valence-electron chi connectivity index (χ2n) is 5.90. The minimum Gasteiger partial charge on any atom is -0.478 e. The van der Waals surface area contributed by atoms with Crippen LogP contribution in [0.3, 0.4) is 0 Å². The Kier molecular flexibility index (Phi) is 3.94. The van der Waals surface area contributed by atoms with Gasteiger partial charge in [-0.15, -0.1) is 0 Å². The van der Waals surface area contributed by atoms with Gasteiger partial charge in [-0.05, 0) is 11.5 Å². The number of carboxylic acid groups (broad SMARTS) is 1. The molecular formula is C18H19NO4. The molecule has 0 aliphatic carbocycles. The van der Waals surface area contributed by atoms with Gasteiger partial charge in [-0.25, -0.2) is 4.79 Å². The zero-order chi connectivity index (χ0) is 16.6. The summed E-state index contributed by atoms with van der Waals surface area (Å²) in [5, 5.41) is 9.19. The van der Waals surface area contributed by atoms with Crippen LogP contribution in [0.25, 0.3) is 0 Å². The molecule has 0 spiro atoms. The Balaban J connectivity index is 1.87. The Hall–Kier alpha value is -2.56. The zero-order valence-electron chi connectivity index (χ0n) is 13.2. The number of carbonyl (C=O) groups excluding carboxylic acids is 1. The van der Waals surface area contributed by atoms with Crippen molar-refractivity contribution in [2.45, 2.75) is 26.3 Å². The summed E-state index contributed by atoms with van der Waals surface area (Å²) < 4.78 is 5.49. The lowest BCUT2D eigenvalue weighted by atomic mass is 9.84. The van der Waals surface area contributed by atoms with E-state index in [9.17, 15) is 14.7 Å². The van der Waals surface area contributed by atoms with Crippen LogP contribution in [0.1, 0.15) is 52.1 Å². The SMILES string of the molecule is CCc1oc(C(=O)N2CC(C)C2c2ccccc2)cc1C(=O)O. The average Bonchev–Trinajstić information content (AvgIpc) is 2.97. The van der Waals surface area contributed by atoms with Crippen molar-refractivity contribution in [2.24, 2.45) is 5.92 Å². The number of furan rings is 1. The summed E-state index contributed by atoms with van der Waals surface area (Å²) in [5.41, 5.74) is 1.15. The summed E-state index contributed by atoms with van der Waals surface area (Å²) in [4.78, 5) is 25.7. The molecule has 1 N–H and O–H groups in total. The van der Waals surface area contributed by atoms with E-state index in [4.69, 9.17) is 4.42 Å². The fraction of sp³-hybridized carbons (Fsp3) is 0.333. The average molecular weight is 313 g/mol. The van der Waals surface area contributed by atoms with Gasteiger partial charge in [0.2, 0.25) is 0 Å². The van der Waals surface area contributed by atoms with E-state index in [2.05, 4.69) is 6.92 Å². The van der Waals surface area contributed by atoms with Crippen molar-refractivity contribution in [3.05, 3.63) is 59.0 Å². The summed E-state index contributed by atoms with van der Waals surface area (Å²) in [6, 6.07) is 11.2. The molecule has 2 aromatic rings. The highest BCUT2D eigenvalue weighted by Gasteiger charge is 2.41. The van der Waals surface area contributed by atoms with Crippen molar-refractivity contribution in [1.29, 1.82) is 0 Å². The lowest BCUT2D eigenvalue weighted by Gasteiger charge is -2.46. The largest absolute Gasteiger partial charge is 0.478 e. The van der Waals surface area contributed by atoms with Crippen LogP contribution in [-0.4, -0.2) is 28.4 Å². The number of rotatable bonds is 4. The first-order valence-electron chi connectivity index (χ1n) is 7.74. The highest BCUT2D eigenvalue weighted by Crippen LogP contribution is 2.39. The van der Waals surface area contributed by atoms with Gasteiger partial charge in [0, 0.05) is 19.0 Å². The van der Waals surface area contributed by atoms with Crippen LogP contribution < -0.4 is 0 Å². The maximum atomic E-state index is 12.7. The molecule has 2 unspecified atom stereocenters. The molecule has 1 aliphatic rings. The summed E-state index contributed by atoms with van der Waals surface area (Å²) in [5.74, 6) is -0.515. The van der Waals surface area contributed by atoms with Gasteiger partial charge in [0.25, 0.3) is 5.91 Å². The van der Waals surface area contributed by atoms with Crippen molar-refractivity contribution in [1.82, 2.24) is 4.90 Å². The molecule has 1 fully saturated rings. The number of carboxylic acids is 1. The van der Waals surface area contributed by atoms with E-state index in [1.165, 1.54) is 6.07 Å². The van der Waals surface area contributed by atoms with E-state index >= 15 is 0 Å². The van der Waals surface area contributed by atoms with Gasteiger partial charge in [0.05, 0.1) is 6.04 Å². The van der Waals surface area contributed by atoms with Crippen LogP contribution in [-0.2, 0) is 6.42 Å². The fourth-order valence-corrected chi connectivity index (χ4v) is 3.18. The van der Waals surface area contributed by atoms with Gasteiger partial charge >= 0.3 is 5.97 Å². The molecule has 3 rings (SSSR count). The fourth-order valence-electron chi connectivity index (χ4n) is 3.18. The quantitative estimate of drug-likeness (QED) is 0.939. The molecule has 1 saturated heterocycles. The highest BCUT2D eigenvalue weighted by atomic mass is 16.4. The maximum Gasteiger partial charge on any atom is 0.339 e. The third kappa shape index (κ3) is 2.63. The van der Waals surface area contributed by atoms with Crippen LogP contribution in [0.4, 0.5) is 0 Å². The number of hydrogen-bond donors (Lipinski definition) is 1. The standard InChI is InChI=1S/C18H19NO4/c1-3-14-13(18(21)22)9-15(23-14)17(20)19-10-11(2)16(19)12-7-5-4-6-8-12/h4-9,11,16H,3,10H2,1-2H3,(H,21,22). The molecule has 2 atom stereocenters. The Morgan fingerprint density at radius 3 is 2.52 bits per heavy atom. The number of amides is 1. The number of hydrogen-bond acceptors (Lipinski definition) is 3. The first-order chi connectivity index (χ1) is 11.0. The van der Waals surface area contributed by atoms with Crippen molar-refractivity contribution in [3.63, 3.8) is 0 Å². The van der Waals surface area contributed by atoms with Crippen LogP contribution in [0, 0.1) is 5.92 Å². The van der Waals surface area contributed by atoms with E-state index in [1.807, 2.05) is 30.3 Å². The third-order valence-electron chi connectivity index (χ3n) is 4.33. The molecule has 1 aromatic heterocycles. The van der Waals surface area contributed by atoms with Crippen molar-refractivity contribution in [3.8, 4) is 0 Å². The van der Waals surface area contributed by atoms with E-state index in [0.29, 0.717) is 24.6 Å². The molecule has 5 heteroatoms. The lowest BCUT2D eigenvalue weighted by molar-refractivity contribution is 0.0168. The van der Waals surface area contributed by atoms with Gasteiger partial charge in [0.1, 0.15) is 11.3 Å². The predicted molar refractivity (Wildman–Crippen MR) is 84.4 cm³/mol. The number of aryl methyl sites for hydroxylation is 1. The molecule has 1 aromatic carbocycles. The smallest absolute Gasteiger partial charge is 0.339 e. The molecule has 1 aliphatic heterocycles. The molecule has 120 valence electrons. The van der Waals surface area contributed by atoms with Gasteiger partial charge < -0.3 is 14.4 Å². The van der Waals surface area contributed by atoms with E-state index in [0.717, 1.165) is 5.56 Å². The molecule has 5 nitrogen and oxygen atoms in total. The van der Waals surface area contributed by atoms with Crippen LogP contribution in [0.2, 0.25) is 0 Å². The molecule has 23 heavy (non-hydrogen) atoms. The van der Waals surface area contributed by atoms with Gasteiger partial charge in [-0.2, -0.15) is 0 Å². The molecule has 0 radical (unpaired) electrons. The van der Waals surface area contributed by atoms with Crippen molar-refractivity contribution < 1.29 is 19.1 Å².